The molecule has 0 atom stereocenters. The van der Waals surface area contributed by atoms with Gasteiger partial charge < -0.3 is 0 Å². The maximum atomic E-state index is 5.60. The van der Waals surface area contributed by atoms with Gasteiger partial charge in [-0.05, 0) is 86.0 Å². The van der Waals surface area contributed by atoms with Gasteiger partial charge in [-0.3, -0.25) is 4.98 Å². The largest absolute Gasteiger partial charge is 0.256 e. The van der Waals surface area contributed by atoms with Gasteiger partial charge in [-0.15, -0.1) is 0 Å². The van der Waals surface area contributed by atoms with Gasteiger partial charge in [0.2, 0.25) is 0 Å². The van der Waals surface area contributed by atoms with Gasteiger partial charge in [0.05, 0.1) is 38.9 Å². The average molecular weight is 930 g/mol. The van der Waals surface area contributed by atoms with E-state index in [4.69, 9.17) is 24.9 Å². The monoisotopic (exact) mass is 929 g/mol. The van der Waals surface area contributed by atoms with Crippen molar-refractivity contribution in [1.82, 2.24) is 24.9 Å². The molecule has 14 rings (SSSR count). The van der Waals surface area contributed by atoms with Crippen molar-refractivity contribution in [3.8, 4) is 78.4 Å². The first kappa shape index (κ1) is 42.2. The first-order chi connectivity index (χ1) is 36.2. The molecule has 5 nitrogen and oxygen atoms in total. The molecule has 3 heterocycles. The van der Waals surface area contributed by atoms with Crippen molar-refractivity contribution in [1.29, 1.82) is 0 Å². The zero-order valence-electron chi connectivity index (χ0n) is 39.6. The molecule has 10 aromatic carbocycles. The van der Waals surface area contributed by atoms with Gasteiger partial charge in [-0.2, -0.15) is 0 Å². The lowest BCUT2D eigenvalue weighted by Crippen LogP contribution is -2.28. The number of hydrogen-bond donors (Lipinski definition) is 0. The third kappa shape index (κ3) is 6.89. The summed E-state index contributed by atoms with van der Waals surface area (Å²) in [7, 11) is 0. The standard InChI is InChI=1S/C68H43N5/c1-7-20-44(21-8-1)61-62(45-22-9-2-10-23-45)66-56(55-32-19-39-69-65(55)61)43-70-67(73-66)50-34-37-54-53-36-33-48(40-57(53)68(58(54)41-50,51-28-15-5-16-29-51)52-30-17-6-18-31-52)49-35-38-59-60(42-49)72-64(47-26-13-4-14-27-47)63(71-59)46-24-11-3-12-25-46/h1-43H. The number of hydrogen-bond acceptors (Lipinski definition) is 5. The predicted molar refractivity (Wildman–Crippen MR) is 298 cm³/mol. The Labute approximate surface area is 422 Å². The van der Waals surface area contributed by atoms with E-state index in [1.165, 1.54) is 33.4 Å². The Balaban J connectivity index is 0.972. The molecule has 5 heteroatoms. The summed E-state index contributed by atoms with van der Waals surface area (Å²) in [5, 5.41) is 1.98. The summed E-state index contributed by atoms with van der Waals surface area (Å²) in [6.07, 6.45) is 3.87. The zero-order valence-corrected chi connectivity index (χ0v) is 39.6. The third-order valence-corrected chi connectivity index (χ3v) is 14.6. The Bertz CT molecular complexity index is 4180. The second-order valence-corrected chi connectivity index (χ2v) is 18.7. The minimum atomic E-state index is -0.685. The van der Waals surface area contributed by atoms with Gasteiger partial charge >= 0.3 is 0 Å². The lowest BCUT2D eigenvalue weighted by Gasteiger charge is -2.34. The van der Waals surface area contributed by atoms with Crippen LogP contribution in [0.25, 0.3) is 111 Å². The van der Waals surface area contributed by atoms with Crippen molar-refractivity contribution < 1.29 is 0 Å². The van der Waals surface area contributed by atoms with Crippen LogP contribution < -0.4 is 0 Å². The van der Waals surface area contributed by atoms with Crippen molar-refractivity contribution in [2.24, 2.45) is 0 Å². The normalized spacial score (nSPS) is 12.5. The fourth-order valence-electron chi connectivity index (χ4n) is 11.4. The summed E-state index contributed by atoms with van der Waals surface area (Å²) < 4.78 is 0. The number of pyridine rings is 1. The second-order valence-electron chi connectivity index (χ2n) is 18.7. The van der Waals surface area contributed by atoms with Crippen LogP contribution in [0.2, 0.25) is 0 Å². The van der Waals surface area contributed by atoms with E-state index in [0.717, 1.165) is 94.3 Å². The molecule has 0 N–H and O–H groups in total. The molecule has 73 heavy (non-hydrogen) atoms. The molecule has 0 radical (unpaired) electrons. The van der Waals surface area contributed by atoms with E-state index in [-0.39, 0.29) is 0 Å². The summed E-state index contributed by atoms with van der Waals surface area (Å²) in [5.41, 5.74) is 21.1. The lowest BCUT2D eigenvalue weighted by atomic mass is 9.67. The topological polar surface area (TPSA) is 64.5 Å². The molecule has 1 aliphatic rings. The first-order valence-corrected chi connectivity index (χ1v) is 24.7. The fraction of sp³-hybridized carbons (Fsp3) is 0.0147. The van der Waals surface area contributed by atoms with Crippen molar-refractivity contribution in [3.05, 3.63) is 283 Å². The van der Waals surface area contributed by atoms with Crippen LogP contribution in [0, 0.1) is 0 Å². The molecular formula is C68H43N5. The molecule has 3 aromatic heterocycles. The van der Waals surface area contributed by atoms with Crippen LogP contribution in [-0.4, -0.2) is 24.9 Å². The number of fused-ring (bicyclic) bond motifs is 7. The van der Waals surface area contributed by atoms with E-state index < -0.39 is 5.41 Å². The Kier molecular flexibility index (Phi) is 10.0. The minimum absolute atomic E-state index is 0.656. The maximum absolute atomic E-state index is 5.60. The van der Waals surface area contributed by atoms with Crippen molar-refractivity contribution in [3.63, 3.8) is 0 Å². The summed E-state index contributed by atoms with van der Waals surface area (Å²) in [4.78, 5) is 26.5. The molecule has 0 saturated carbocycles. The maximum Gasteiger partial charge on any atom is 0.159 e. The van der Waals surface area contributed by atoms with Gasteiger partial charge in [0.25, 0.3) is 0 Å². The third-order valence-electron chi connectivity index (χ3n) is 14.6. The van der Waals surface area contributed by atoms with Crippen molar-refractivity contribution in [2.45, 2.75) is 5.41 Å². The highest BCUT2D eigenvalue weighted by Crippen LogP contribution is 2.57. The lowest BCUT2D eigenvalue weighted by molar-refractivity contribution is 0.769. The van der Waals surface area contributed by atoms with Crippen molar-refractivity contribution >= 4 is 32.8 Å². The molecule has 340 valence electrons. The Morgan fingerprint density at radius 1 is 0.301 bits per heavy atom. The Hall–Kier alpha value is -9.71. The van der Waals surface area contributed by atoms with Gasteiger partial charge in [-0.25, -0.2) is 19.9 Å². The molecule has 0 amide bonds. The molecule has 13 aromatic rings. The number of aromatic nitrogens is 5. The van der Waals surface area contributed by atoms with Gasteiger partial charge in [-0.1, -0.05) is 218 Å². The summed E-state index contributed by atoms with van der Waals surface area (Å²) >= 11 is 0. The van der Waals surface area contributed by atoms with Crippen LogP contribution in [0.3, 0.4) is 0 Å². The van der Waals surface area contributed by atoms with E-state index in [1.54, 1.807) is 0 Å². The molecule has 0 aliphatic heterocycles. The molecular weight excluding hydrogens is 887 g/mol. The molecule has 0 spiro atoms. The predicted octanol–water partition coefficient (Wildman–Crippen LogP) is 16.5. The average Bonchev–Trinajstić information content (AvgIpc) is 3.77. The highest BCUT2D eigenvalue weighted by Gasteiger charge is 2.46. The Morgan fingerprint density at radius 2 is 0.767 bits per heavy atom. The summed E-state index contributed by atoms with van der Waals surface area (Å²) in [5.74, 6) is 0.656. The van der Waals surface area contributed by atoms with E-state index >= 15 is 0 Å². The first-order valence-electron chi connectivity index (χ1n) is 24.7. The molecule has 0 fully saturated rings. The quantitative estimate of drug-likeness (QED) is 0.142. The van der Waals surface area contributed by atoms with Crippen LogP contribution in [-0.2, 0) is 5.41 Å². The fourth-order valence-corrected chi connectivity index (χ4v) is 11.4. The van der Waals surface area contributed by atoms with Gasteiger partial charge in [0.15, 0.2) is 5.82 Å². The van der Waals surface area contributed by atoms with E-state index in [1.807, 2.05) is 30.6 Å². The SMILES string of the molecule is c1ccc(-c2nc3ccc(-c4ccc5c(c4)C(c4ccccc4)(c4ccccc4)c4cc(-c6ncc7c(n6)c(-c6ccccc6)c(-c6ccccc6)c6ncccc67)ccc4-5)cc3nc2-c2ccccc2)cc1. The highest BCUT2D eigenvalue weighted by molar-refractivity contribution is 6.19. The van der Waals surface area contributed by atoms with E-state index in [2.05, 4.69) is 231 Å². The van der Waals surface area contributed by atoms with E-state index in [9.17, 15) is 0 Å². The van der Waals surface area contributed by atoms with Crippen LogP contribution in [0.5, 0.6) is 0 Å². The van der Waals surface area contributed by atoms with Gasteiger partial charge in [0, 0.05) is 51.0 Å². The van der Waals surface area contributed by atoms with Crippen LogP contribution in [0.15, 0.2) is 261 Å². The van der Waals surface area contributed by atoms with Crippen molar-refractivity contribution in [2.75, 3.05) is 0 Å². The van der Waals surface area contributed by atoms with E-state index in [0.29, 0.717) is 5.82 Å². The zero-order chi connectivity index (χ0) is 48.3. The smallest absolute Gasteiger partial charge is 0.159 e. The number of rotatable bonds is 8. The van der Waals surface area contributed by atoms with Crippen LogP contribution >= 0.6 is 0 Å². The molecule has 0 unspecified atom stereocenters. The highest BCUT2D eigenvalue weighted by atomic mass is 14.9. The van der Waals surface area contributed by atoms with Crippen LogP contribution in [0.1, 0.15) is 22.3 Å². The molecule has 0 bridgehead atoms. The summed E-state index contributed by atoms with van der Waals surface area (Å²) in [6.45, 7) is 0. The minimum Gasteiger partial charge on any atom is -0.256 e. The molecule has 0 saturated heterocycles. The summed E-state index contributed by atoms with van der Waals surface area (Å²) in [6, 6.07) is 88.2. The number of benzene rings is 10. The Morgan fingerprint density at radius 3 is 1.34 bits per heavy atom. The van der Waals surface area contributed by atoms with Gasteiger partial charge in [0.1, 0.15) is 0 Å². The number of nitrogens with zero attached hydrogens (tertiary/aromatic N) is 5. The second kappa shape index (κ2) is 17.3. The molecule has 1 aliphatic carbocycles. The van der Waals surface area contributed by atoms with Crippen LogP contribution in [0.4, 0.5) is 0 Å².